The van der Waals surface area contributed by atoms with Crippen molar-refractivity contribution in [1.29, 1.82) is 0 Å². The first kappa shape index (κ1) is 26.4. The van der Waals surface area contributed by atoms with E-state index in [0.717, 1.165) is 0 Å². The van der Waals surface area contributed by atoms with Gasteiger partial charge in [0.1, 0.15) is 0 Å². The van der Waals surface area contributed by atoms with Crippen LogP contribution in [0, 0.1) is 0 Å². The summed E-state index contributed by atoms with van der Waals surface area (Å²) in [6.45, 7) is 0. The first-order chi connectivity index (χ1) is 5.44. The van der Waals surface area contributed by atoms with Crippen molar-refractivity contribution >= 4 is 11.4 Å². The predicted molar refractivity (Wildman–Crippen MR) is 18.0 cm³/mol. The second-order valence-corrected chi connectivity index (χ2v) is 5.30. The predicted octanol–water partition coefficient (Wildman–Crippen LogP) is -8.66. The minimum absolute atomic E-state index is 0. The zero-order chi connectivity index (χ0) is 11.3. The van der Waals surface area contributed by atoms with Gasteiger partial charge in [0.05, 0.1) is 0 Å². The van der Waals surface area contributed by atoms with Crippen molar-refractivity contribution in [3.8, 4) is 0 Å². The molecule has 0 aliphatic rings. The Balaban J connectivity index is -0.0000000883. The van der Waals surface area contributed by atoms with Crippen LogP contribution in [0.3, 0.4) is 0 Å². The fourth-order valence-corrected chi connectivity index (χ4v) is 1.85. The Bertz CT molecular complexity index is 319. The van der Waals surface area contributed by atoms with Crippen LogP contribution in [-0.2, 0) is 56.6 Å². The Morgan fingerprint density at radius 1 is 1.00 bits per heavy atom. The summed E-state index contributed by atoms with van der Waals surface area (Å²) in [6, 6.07) is 0. The van der Waals surface area contributed by atoms with Gasteiger partial charge in [-0.05, 0) is 0 Å². The van der Waals surface area contributed by atoms with Crippen molar-refractivity contribution in [2.45, 2.75) is 0 Å². The summed E-state index contributed by atoms with van der Waals surface area (Å²) in [5.74, 6) is 0. The van der Waals surface area contributed by atoms with E-state index in [1.807, 2.05) is 0 Å². The molecule has 82 valence electrons. The Morgan fingerprint density at radius 2 is 1.13 bits per heavy atom. The van der Waals surface area contributed by atoms with Gasteiger partial charge in [-0.3, -0.25) is 4.21 Å². The monoisotopic (exact) mass is 360 g/mol. The molecule has 0 aliphatic carbocycles. The Labute approximate surface area is 156 Å². The van der Waals surface area contributed by atoms with Crippen LogP contribution in [0.25, 0.3) is 0 Å². The topological polar surface area (TPSA) is 181 Å². The van der Waals surface area contributed by atoms with E-state index in [1.54, 1.807) is 0 Å². The van der Waals surface area contributed by atoms with Gasteiger partial charge in [-0.1, -0.05) is 0 Å². The summed E-state index contributed by atoms with van der Waals surface area (Å²) in [5, 5.41) is 0. The quantitative estimate of drug-likeness (QED) is 0.354. The molecule has 0 aromatic heterocycles. The van der Waals surface area contributed by atoms with Gasteiger partial charge in [-0.2, -0.15) is 0 Å². The Morgan fingerprint density at radius 3 is 1.13 bits per heavy atom. The average Bonchev–Trinajstić information content (AvgIpc) is 1.47. The molecular formula is H2Cr2KNaO10S. The average molecular weight is 360 g/mol. The third kappa shape index (κ3) is 47.4. The molecule has 0 bridgehead atoms. The van der Waals surface area contributed by atoms with Crippen molar-refractivity contribution < 1.29 is 148 Å². The fourth-order valence-electron chi connectivity index (χ4n) is 0.109. The van der Waals surface area contributed by atoms with Gasteiger partial charge >= 0.3 is 135 Å². The molecular weight excluding hydrogens is 358 g/mol. The number of hydrogen-bond donors (Lipinski definition) is 2. The Hall–Kier alpha value is 2.85. The molecule has 0 atom stereocenters. The standard InChI is InChI=1S/2Cr.K.Na.H2O3S.2H2O.5O/c;;;;1-4(2)3;;;;;;;/h;;;;(H2,1,2,3);2*1H2;;;;;/q4*+1;;;;;;;;/p-4. The van der Waals surface area contributed by atoms with Gasteiger partial charge in [0.15, 0.2) is 0 Å². The SMILES string of the molecule is O=S([O-])[O-].[K+].[Na+].[O]=[Cr](=[O])([OH])[O][Cr](=[O])(=[O])[OH]. The van der Waals surface area contributed by atoms with Crippen LogP contribution < -0.4 is 80.9 Å². The molecule has 0 aromatic rings. The molecule has 0 fully saturated rings. The third-order valence-corrected chi connectivity index (χ3v) is 2.92. The van der Waals surface area contributed by atoms with Gasteiger partial charge in [-0.15, -0.1) is 11.4 Å². The molecule has 0 radical (unpaired) electrons. The van der Waals surface area contributed by atoms with Crippen LogP contribution >= 0.6 is 0 Å². The van der Waals surface area contributed by atoms with Gasteiger partial charge in [0, 0.05) is 0 Å². The minimum atomic E-state index is -5.76. The molecule has 10 nitrogen and oxygen atoms in total. The van der Waals surface area contributed by atoms with Crippen LogP contribution in [0.5, 0.6) is 0 Å². The van der Waals surface area contributed by atoms with Gasteiger partial charge in [0.2, 0.25) is 0 Å². The first-order valence-electron chi connectivity index (χ1n) is 1.87. The second kappa shape index (κ2) is 11.9. The number of rotatable bonds is 2. The van der Waals surface area contributed by atoms with Crippen LogP contribution in [0.1, 0.15) is 0 Å². The van der Waals surface area contributed by atoms with E-state index >= 15 is 0 Å². The summed E-state index contributed by atoms with van der Waals surface area (Å²) < 4.78 is 81.6. The maximum atomic E-state index is 9.53. The van der Waals surface area contributed by atoms with E-state index < -0.39 is 38.6 Å². The zero-order valence-electron chi connectivity index (χ0n) is 7.39. The zero-order valence-corrected chi connectivity index (χ0v) is 15.9. The summed E-state index contributed by atoms with van der Waals surface area (Å²) in [4.78, 5) is 0. The van der Waals surface area contributed by atoms with Crippen molar-refractivity contribution in [3.05, 3.63) is 0 Å². The van der Waals surface area contributed by atoms with Crippen LogP contribution in [0.2, 0.25) is 0 Å². The fraction of sp³-hybridized carbons (Fsp3) is 0. The van der Waals surface area contributed by atoms with Crippen LogP contribution in [0.4, 0.5) is 0 Å². The molecule has 0 unspecified atom stereocenters. The summed E-state index contributed by atoms with van der Waals surface area (Å²) in [7, 11) is 0. The van der Waals surface area contributed by atoms with Crippen molar-refractivity contribution in [2.24, 2.45) is 0 Å². The molecule has 0 rings (SSSR count). The second-order valence-electron chi connectivity index (χ2n) is 1.13. The van der Waals surface area contributed by atoms with Crippen LogP contribution in [-0.4, -0.2) is 21.6 Å². The van der Waals surface area contributed by atoms with Crippen molar-refractivity contribution in [2.75, 3.05) is 0 Å². The van der Waals surface area contributed by atoms with E-state index in [4.69, 9.17) is 21.6 Å². The normalized spacial score (nSPS) is 10.5. The van der Waals surface area contributed by atoms with E-state index in [0.29, 0.717) is 0 Å². The molecule has 0 amide bonds. The van der Waals surface area contributed by atoms with Crippen LogP contribution in [0.15, 0.2) is 0 Å². The van der Waals surface area contributed by atoms with Gasteiger partial charge < -0.3 is 9.11 Å². The van der Waals surface area contributed by atoms with E-state index in [9.17, 15) is 15.2 Å². The van der Waals surface area contributed by atoms with Crippen molar-refractivity contribution in [3.63, 3.8) is 0 Å². The molecule has 0 aliphatic heterocycles. The van der Waals surface area contributed by atoms with Gasteiger partial charge in [-0.25, -0.2) is 0 Å². The van der Waals surface area contributed by atoms with Gasteiger partial charge in [0.25, 0.3) is 0 Å². The Kier molecular flexibility index (Phi) is 21.0. The molecule has 15 heavy (non-hydrogen) atoms. The molecule has 0 spiro atoms. The van der Waals surface area contributed by atoms with Crippen molar-refractivity contribution in [1.82, 2.24) is 0 Å². The van der Waals surface area contributed by atoms with E-state index in [1.165, 1.54) is 0 Å². The maximum absolute atomic E-state index is 9.53. The molecule has 0 aromatic carbocycles. The molecule has 2 N–H and O–H groups in total. The summed E-state index contributed by atoms with van der Waals surface area (Å²) >= 11 is -14.6. The molecule has 0 saturated heterocycles. The molecule has 0 saturated carbocycles. The first-order valence-corrected chi connectivity index (χ1v) is 7.13. The molecule has 15 heteroatoms. The van der Waals surface area contributed by atoms with E-state index in [2.05, 4.69) is 2.84 Å². The van der Waals surface area contributed by atoms with E-state index in [-0.39, 0.29) is 80.9 Å². The summed E-state index contributed by atoms with van der Waals surface area (Å²) in [6.07, 6.45) is 0. The summed E-state index contributed by atoms with van der Waals surface area (Å²) in [5.41, 5.74) is 0. The third-order valence-electron chi connectivity index (χ3n) is 0.172. The molecule has 0 heterocycles. The number of hydrogen-bond acceptors (Lipinski definition) is 8.